The lowest BCUT2D eigenvalue weighted by Gasteiger charge is -2.09. The van der Waals surface area contributed by atoms with Gasteiger partial charge in [-0.3, -0.25) is 0 Å². The molecule has 1 aromatic heterocycles. The first kappa shape index (κ1) is 20.1. The van der Waals surface area contributed by atoms with E-state index in [1.54, 1.807) is 0 Å². The zero-order chi connectivity index (χ0) is 21.6. The second kappa shape index (κ2) is 9.54. The Balaban J connectivity index is 1.20. The summed E-state index contributed by atoms with van der Waals surface area (Å²) >= 11 is 0. The largest absolute Gasteiger partial charge is 0.457 e. The van der Waals surface area contributed by atoms with Crippen LogP contribution in [0.15, 0.2) is 109 Å². The van der Waals surface area contributed by atoms with Crippen molar-refractivity contribution in [3.8, 4) is 22.6 Å². The molecule has 0 fully saturated rings. The van der Waals surface area contributed by atoms with Crippen LogP contribution in [0.2, 0.25) is 0 Å². The third kappa shape index (κ3) is 4.74. The highest BCUT2D eigenvalue weighted by Crippen LogP contribution is 2.26. The molecule has 3 nitrogen and oxygen atoms in total. The number of H-pyrrole nitrogens is 1. The number of ether oxygens (including phenoxy) is 1. The number of aromatic nitrogens is 1. The summed E-state index contributed by atoms with van der Waals surface area (Å²) in [5.74, 6) is 1.72. The van der Waals surface area contributed by atoms with Crippen molar-refractivity contribution in [2.24, 2.45) is 0 Å². The van der Waals surface area contributed by atoms with E-state index in [0.29, 0.717) is 0 Å². The van der Waals surface area contributed by atoms with Crippen molar-refractivity contribution in [1.29, 1.82) is 0 Å². The maximum atomic E-state index is 5.95. The highest BCUT2D eigenvalue weighted by atomic mass is 16.5. The van der Waals surface area contributed by atoms with Crippen molar-refractivity contribution in [2.75, 3.05) is 6.54 Å². The van der Waals surface area contributed by atoms with Crippen LogP contribution < -0.4 is 10.1 Å². The van der Waals surface area contributed by atoms with Gasteiger partial charge in [0.15, 0.2) is 0 Å². The topological polar surface area (TPSA) is 37.0 Å². The van der Waals surface area contributed by atoms with Gasteiger partial charge >= 0.3 is 0 Å². The summed E-state index contributed by atoms with van der Waals surface area (Å²) < 4.78 is 5.95. The van der Waals surface area contributed by atoms with Crippen LogP contribution in [-0.4, -0.2) is 11.5 Å². The molecule has 2 N–H and O–H groups in total. The lowest BCUT2D eigenvalue weighted by molar-refractivity contribution is 0.481. The van der Waals surface area contributed by atoms with Crippen molar-refractivity contribution < 1.29 is 4.74 Å². The molecule has 0 unspecified atom stereocenters. The molecule has 0 aliphatic carbocycles. The first-order valence-corrected chi connectivity index (χ1v) is 11.0. The van der Waals surface area contributed by atoms with E-state index in [4.69, 9.17) is 4.74 Å². The summed E-state index contributed by atoms with van der Waals surface area (Å²) in [5.41, 5.74) is 6.24. The van der Waals surface area contributed by atoms with E-state index in [-0.39, 0.29) is 0 Å². The van der Waals surface area contributed by atoms with Gasteiger partial charge in [0.05, 0.1) is 0 Å². The lowest BCUT2D eigenvalue weighted by atomic mass is 10.0. The fourth-order valence-corrected chi connectivity index (χ4v) is 3.99. The number of rotatable bonds is 8. The number of hydrogen-bond acceptors (Lipinski definition) is 2. The van der Waals surface area contributed by atoms with E-state index in [1.165, 1.54) is 33.2 Å². The van der Waals surface area contributed by atoms with Crippen LogP contribution in [0, 0.1) is 0 Å². The highest BCUT2D eigenvalue weighted by molar-refractivity contribution is 5.88. The molecule has 1 heterocycles. The summed E-state index contributed by atoms with van der Waals surface area (Å²) in [6, 6.07) is 35.3. The number of hydrogen-bond donors (Lipinski definition) is 2. The number of fused-ring (bicyclic) bond motifs is 1. The minimum atomic E-state index is 0.809. The minimum absolute atomic E-state index is 0.809. The Hall–Kier alpha value is -3.82. The Labute approximate surface area is 188 Å². The van der Waals surface area contributed by atoms with E-state index in [9.17, 15) is 0 Å². The Bertz CT molecular complexity index is 1290. The van der Waals surface area contributed by atoms with Gasteiger partial charge in [-0.25, -0.2) is 0 Å². The van der Waals surface area contributed by atoms with Gasteiger partial charge in [-0.2, -0.15) is 0 Å². The number of nitrogens with one attached hydrogen (secondary N) is 2. The van der Waals surface area contributed by atoms with Crippen LogP contribution in [0.1, 0.15) is 11.1 Å². The third-order valence-electron chi connectivity index (χ3n) is 5.65. The zero-order valence-electron chi connectivity index (χ0n) is 17.9. The van der Waals surface area contributed by atoms with E-state index in [1.807, 2.05) is 42.5 Å². The van der Waals surface area contributed by atoms with Crippen molar-refractivity contribution >= 4 is 10.9 Å². The van der Waals surface area contributed by atoms with Crippen LogP contribution in [0.3, 0.4) is 0 Å². The van der Waals surface area contributed by atoms with Gasteiger partial charge in [0, 0.05) is 23.6 Å². The third-order valence-corrected chi connectivity index (χ3v) is 5.65. The predicted octanol–water partition coefficient (Wildman–Crippen LogP) is 6.96. The summed E-state index contributed by atoms with van der Waals surface area (Å²) in [6.45, 7) is 1.72. The van der Waals surface area contributed by atoms with Crippen molar-refractivity contribution in [3.63, 3.8) is 0 Å². The molecule has 0 atom stereocenters. The minimum Gasteiger partial charge on any atom is -0.457 e. The maximum absolute atomic E-state index is 5.95. The molecule has 5 aromatic rings. The SMILES string of the molecule is c1ccc(Oc2cccc(CNCCc3c[nH]c4ccc(-c5ccccc5)cc34)c2)cc1. The van der Waals surface area contributed by atoms with Gasteiger partial charge in [0.2, 0.25) is 0 Å². The molecule has 0 amide bonds. The first-order valence-electron chi connectivity index (χ1n) is 11.0. The average Bonchev–Trinajstić information content (AvgIpc) is 3.25. The number of para-hydroxylation sites is 1. The normalized spacial score (nSPS) is 11.0. The molecule has 158 valence electrons. The zero-order valence-corrected chi connectivity index (χ0v) is 17.9. The fraction of sp³-hybridized carbons (Fsp3) is 0.103. The summed E-state index contributed by atoms with van der Waals surface area (Å²) in [4.78, 5) is 3.41. The van der Waals surface area contributed by atoms with Gasteiger partial charge in [0.25, 0.3) is 0 Å². The van der Waals surface area contributed by atoms with Crippen LogP contribution in [-0.2, 0) is 13.0 Å². The molecule has 5 rings (SSSR count). The summed E-state index contributed by atoms with van der Waals surface area (Å²) in [6.07, 6.45) is 3.11. The van der Waals surface area contributed by atoms with E-state index in [0.717, 1.165) is 31.0 Å². The molecule has 0 spiro atoms. The quantitative estimate of drug-likeness (QED) is 0.267. The van der Waals surface area contributed by atoms with Crippen LogP contribution in [0.4, 0.5) is 0 Å². The molecule has 3 heteroatoms. The van der Waals surface area contributed by atoms with Crippen LogP contribution >= 0.6 is 0 Å². The Morgan fingerprint density at radius 2 is 1.47 bits per heavy atom. The average molecular weight is 419 g/mol. The van der Waals surface area contributed by atoms with Crippen LogP contribution in [0.5, 0.6) is 11.5 Å². The van der Waals surface area contributed by atoms with E-state index in [2.05, 4.69) is 77.2 Å². The molecule has 0 aliphatic rings. The van der Waals surface area contributed by atoms with Crippen molar-refractivity contribution in [3.05, 3.63) is 120 Å². The van der Waals surface area contributed by atoms with Gasteiger partial charge in [-0.05, 0) is 71.6 Å². The second-order valence-corrected chi connectivity index (χ2v) is 7.93. The molecule has 32 heavy (non-hydrogen) atoms. The van der Waals surface area contributed by atoms with Gasteiger partial charge in [-0.15, -0.1) is 0 Å². The standard InChI is InChI=1S/C29H26N2O/c1-3-9-23(10-4-1)24-14-15-29-28(19-24)25(21-31-29)16-17-30-20-22-8-7-13-27(18-22)32-26-11-5-2-6-12-26/h1-15,18-19,21,30-31H,16-17,20H2. The van der Waals surface area contributed by atoms with Crippen molar-refractivity contribution in [2.45, 2.75) is 13.0 Å². The molecule has 4 aromatic carbocycles. The predicted molar refractivity (Wildman–Crippen MR) is 132 cm³/mol. The summed E-state index contributed by atoms with van der Waals surface area (Å²) in [7, 11) is 0. The Morgan fingerprint density at radius 3 is 2.31 bits per heavy atom. The fourth-order valence-electron chi connectivity index (χ4n) is 3.99. The Kier molecular flexibility index (Phi) is 6.00. The van der Waals surface area contributed by atoms with Gasteiger partial charge < -0.3 is 15.0 Å². The summed E-state index contributed by atoms with van der Waals surface area (Å²) in [5, 5.41) is 4.87. The maximum Gasteiger partial charge on any atom is 0.127 e. The molecular formula is C29H26N2O. The van der Waals surface area contributed by atoms with Gasteiger partial charge in [-0.1, -0.05) is 66.7 Å². The highest BCUT2D eigenvalue weighted by Gasteiger charge is 2.06. The van der Waals surface area contributed by atoms with Crippen molar-refractivity contribution in [1.82, 2.24) is 10.3 Å². The number of benzene rings is 4. The van der Waals surface area contributed by atoms with E-state index >= 15 is 0 Å². The van der Waals surface area contributed by atoms with Crippen LogP contribution in [0.25, 0.3) is 22.0 Å². The number of aromatic amines is 1. The van der Waals surface area contributed by atoms with Gasteiger partial charge in [0.1, 0.15) is 11.5 Å². The Morgan fingerprint density at radius 1 is 0.688 bits per heavy atom. The molecule has 0 saturated carbocycles. The molecule has 0 aliphatic heterocycles. The lowest BCUT2D eigenvalue weighted by Crippen LogP contribution is -2.16. The smallest absolute Gasteiger partial charge is 0.127 e. The molecular weight excluding hydrogens is 392 g/mol. The first-order chi connectivity index (χ1) is 15.8. The monoisotopic (exact) mass is 418 g/mol. The molecule has 0 saturated heterocycles. The molecule has 0 bridgehead atoms. The molecule has 0 radical (unpaired) electrons. The second-order valence-electron chi connectivity index (χ2n) is 7.93. The van der Waals surface area contributed by atoms with E-state index < -0.39 is 0 Å².